The summed E-state index contributed by atoms with van der Waals surface area (Å²) in [7, 11) is 0. The average Bonchev–Trinajstić information content (AvgIpc) is 3.39. The van der Waals surface area contributed by atoms with Gasteiger partial charge in [0.1, 0.15) is 5.41 Å². The first-order valence-electron chi connectivity index (χ1n) is 13.2. The molecule has 5 heteroatoms. The Labute approximate surface area is 226 Å². The molecule has 0 aromatic heterocycles. The minimum atomic E-state index is -1.60. The monoisotopic (exact) mass is 511 g/mol. The van der Waals surface area contributed by atoms with Crippen LogP contribution in [0.2, 0.25) is 0 Å². The first-order chi connectivity index (χ1) is 19.0. The fraction of sp³-hybridized carbons (Fsp3) is 0.147. The lowest BCUT2D eigenvalue weighted by Crippen LogP contribution is -2.47. The zero-order chi connectivity index (χ0) is 26.9. The summed E-state index contributed by atoms with van der Waals surface area (Å²) in [5.74, 6) is -1.07. The number of allylic oxidation sites excluding steroid dienone is 2. The Morgan fingerprint density at radius 2 is 1.49 bits per heavy atom. The predicted octanol–water partition coefficient (Wildman–Crippen LogP) is 6.23. The molecule has 2 aliphatic carbocycles. The van der Waals surface area contributed by atoms with Crippen LogP contribution in [0.25, 0.3) is 16.5 Å². The lowest BCUT2D eigenvalue weighted by molar-refractivity contribution is -0.139. The number of benzene rings is 4. The van der Waals surface area contributed by atoms with Crippen molar-refractivity contribution in [3.63, 3.8) is 0 Å². The molecule has 1 spiro atoms. The van der Waals surface area contributed by atoms with Crippen LogP contribution in [0.3, 0.4) is 0 Å². The molecule has 0 radical (unpaired) electrons. The minimum Gasteiger partial charge on any atom is -0.463 e. The molecule has 3 aliphatic rings. The zero-order valence-corrected chi connectivity index (χ0v) is 21.7. The summed E-state index contributed by atoms with van der Waals surface area (Å²) >= 11 is 0. The van der Waals surface area contributed by atoms with Crippen molar-refractivity contribution in [1.82, 2.24) is 4.90 Å². The smallest absolute Gasteiger partial charge is 0.337 e. The van der Waals surface area contributed by atoms with Crippen LogP contribution in [0.4, 0.5) is 0 Å². The summed E-state index contributed by atoms with van der Waals surface area (Å²) in [6, 6.07) is 28.7. The fourth-order valence-corrected chi connectivity index (χ4v) is 6.72. The Bertz CT molecular complexity index is 1810. The number of ketones is 2. The molecular weight excluding hydrogens is 486 g/mol. The molecule has 4 aromatic rings. The van der Waals surface area contributed by atoms with Crippen molar-refractivity contribution in [1.29, 1.82) is 0 Å². The number of hydrogen-bond donors (Lipinski definition) is 0. The van der Waals surface area contributed by atoms with Crippen molar-refractivity contribution in [2.45, 2.75) is 25.8 Å². The van der Waals surface area contributed by atoms with E-state index < -0.39 is 11.4 Å². The van der Waals surface area contributed by atoms with E-state index in [-0.39, 0.29) is 23.7 Å². The van der Waals surface area contributed by atoms with Gasteiger partial charge in [-0.2, -0.15) is 0 Å². The third-order valence-electron chi connectivity index (χ3n) is 8.23. The zero-order valence-electron chi connectivity index (χ0n) is 21.7. The summed E-state index contributed by atoms with van der Waals surface area (Å²) in [5, 5.41) is 1.68. The molecule has 39 heavy (non-hydrogen) atoms. The quantitative estimate of drug-likeness (QED) is 0.304. The highest BCUT2D eigenvalue weighted by Gasteiger charge is 2.62. The van der Waals surface area contributed by atoms with Gasteiger partial charge in [-0.05, 0) is 35.7 Å². The van der Waals surface area contributed by atoms with Crippen LogP contribution < -0.4 is 0 Å². The van der Waals surface area contributed by atoms with Crippen molar-refractivity contribution in [3.05, 3.63) is 136 Å². The van der Waals surface area contributed by atoms with Gasteiger partial charge in [-0.25, -0.2) is 4.79 Å². The van der Waals surface area contributed by atoms with Crippen LogP contribution in [0.15, 0.2) is 108 Å². The molecule has 190 valence electrons. The summed E-state index contributed by atoms with van der Waals surface area (Å²) in [6.45, 7) is 4.19. The molecule has 1 unspecified atom stereocenters. The van der Waals surface area contributed by atoms with E-state index in [2.05, 4.69) is 0 Å². The van der Waals surface area contributed by atoms with Crippen LogP contribution in [0, 0.1) is 0 Å². The first kappa shape index (κ1) is 23.4. The second kappa shape index (κ2) is 8.37. The maximum atomic E-state index is 14.8. The Hall–Kier alpha value is -4.77. The highest BCUT2D eigenvalue weighted by atomic mass is 16.5. The van der Waals surface area contributed by atoms with E-state index in [1.165, 1.54) is 0 Å². The molecule has 1 aliphatic heterocycles. The van der Waals surface area contributed by atoms with Gasteiger partial charge in [-0.15, -0.1) is 0 Å². The Kier molecular flexibility index (Phi) is 5.01. The molecule has 0 fully saturated rings. The highest BCUT2D eigenvalue weighted by molar-refractivity contribution is 6.35. The molecule has 1 atom stereocenters. The van der Waals surface area contributed by atoms with Gasteiger partial charge in [-0.1, -0.05) is 91.0 Å². The van der Waals surface area contributed by atoms with Gasteiger partial charge in [0.15, 0.2) is 11.6 Å². The number of Topliss-reactive ketones (excluding diaryl/α,β-unsaturated/α-hetero) is 2. The number of carbonyl (C=O) groups excluding carboxylic acids is 3. The average molecular weight is 512 g/mol. The van der Waals surface area contributed by atoms with Gasteiger partial charge >= 0.3 is 5.97 Å². The summed E-state index contributed by atoms with van der Waals surface area (Å²) < 4.78 is 5.63. The van der Waals surface area contributed by atoms with E-state index in [4.69, 9.17) is 4.74 Å². The highest BCUT2D eigenvalue weighted by Crippen LogP contribution is 2.59. The number of nitrogens with zero attached hydrogens (tertiary/aromatic N) is 1. The molecule has 5 nitrogen and oxygen atoms in total. The van der Waals surface area contributed by atoms with Gasteiger partial charge in [-0.3, -0.25) is 9.59 Å². The normalized spacial score (nSPS) is 19.3. The van der Waals surface area contributed by atoms with E-state index >= 15 is 0 Å². The van der Waals surface area contributed by atoms with Crippen molar-refractivity contribution in [3.8, 4) is 0 Å². The van der Waals surface area contributed by atoms with Gasteiger partial charge in [0.2, 0.25) is 0 Å². The maximum Gasteiger partial charge on any atom is 0.337 e. The molecule has 0 N–H and O–H groups in total. The van der Waals surface area contributed by atoms with Crippen LogP contribution in [0.1, 0.15) is 51.3 Å². The standard InChI is InChI=1S/C34H25NO4/c1-3-39-33(38)28-20(2)35(19-21-11-5-4-6-12-21)30-23-15-7-8-16-24(23)31(36)29(30)34(28)26-18-10-14-22-13-9-17-25(27(22)26)32(34)37/h4-18H,3,19H2,1-2H3. The number of fused-ring (bicyclic) bond motifs is 4. The number of hydrogen-bond acceptors (Lipinski definition) is 5. The second-order valence-corrected chi connectivity index (χ2v) is 10.1. The summed E-state index contributed by atoms with van der Waals surface area (Å²) in [5.41, 5.74) is 3.75. The third-order valence-corrected chi connectivity index (χ3v) is 8.23. The topological polar surface area (TPSA) is 63.7 Å². The van der Waals surface area contributed by atoms with E-state index in [0.717, 1.165) is 21.9 Å². The molecule has 0 bridgehead atoms. The largest absolute Gasteiger partial charge is 0.463 e. The van der Waals surface area contributed by atoms with Gasteiger partial charge < -0.3 is 9.64 Å². The van der Waals surface area contributed by atoms with Crippen molar-refractivity contribution < 1.29 is 19.1 Å². The fourth-order valence-electron chi connectivity index (χ4n) is 6.72. The van der Waals surface area contributed by atoms with Crippen LogP contribution in [0.5, 0.6) is 0 Å². The Morgan fingerprint density at radius 3 is 2.23 bits per heavy atom. The lowest BCUT2D eigenvalue weighted by Gasteiger charge is -2.42. The van der Waals surface area contributed by atoms with Gasteiger partial charge in [0, 0.05) is 34.5 Å². The summed E-state index contributed by atoms with van der Waals surface area (Å²) in [4.78, 5) is 45.2. The summed E-state index contributed by atoms with van der Waals surface area (Å²) in [6.07, 6.45) is 0. The van der Waals surface area contributed by atoms with E-state index in [0.29, 0.717) is 40.2 Å². The Balaban J connectivity index is 1.61. The number of carbonyl (C=O) groups is 3. The van der Waals surface area contributed by atoms with Crippen LogP contribution in [-0.4, -0.2) is 29.0 Å². The van der Waals surface area contributed by atoms with Crippen LogP contribution >= 0.6 is 0 Å². The SMILES string of the molecule is CCOC(=O)C1=C(C)N(Cc2ccccc2)C2=C(C(=O)c3ccccc32)C12C(=O)c1cccc3cccc2c13. The number of ether oxygens (including phenoxy) is 1. The molecular formula is C34H25NO4. The van der Waals surface area contributed by atoms with E-state index in [9.17, 15) is 14.4 Å². The molecule has 0 saturated heterocycles. The van der Waals surface area contributed by atoms with Gasteiger partial charge in [0.05, 0.1) is 17.9 Å². The second-order valence-electron chi connectivity index (χ2n) is 10.1. The first-order valence-corrected chi connectivity index (χ1v) is 13.2. The molecule has 0 saturated carbocycles. The van der Waals surface area contributed by atoms with E-state index in [1.807, 2.05) is 90.7 Å². The minimum absolute atomic E-state index is 0.149. The Morgan fingerprint density at radius 1 is 0.821 bits per heavy atom. The maximum absolute atomic E-state index is 14.8. The third kappa shape index (κ3) is 2.93. The van der Waals surface area contributed by atoms with Crippen molar-refractivity contribution in [2.75, 3.05) is 6.61 Å². The van der Waals surface area contributed by atoms with Crippen molar-refractivity contribution >= 4 is 34.0 Å². The van der Waals surface area contributed by atoms with E-state index in [1.54, 1.807) is 19.1 Å². The molecule has 1 heterocycles. The molecule has 7 rings (SSSR count). The number of esters is 1. The van der Waals surface area contributed by atoms with Crippen LogP contribution in [-0.2, 0) is 21.5 Å². The molecule has 0 amide bonds. The van der Waals surface area contributed by atoms with Crippen molar-refractivity contribution in [2.24, 2.45) is 0 Å². The number of rotatable bonds is 4. The predicted molar refractivity (Wildman–Crippen MR) is 149 cm³/mol. The molecule has 4 aromatic carbocycles. The van der Waals surface area contributed by atoms with Gasteiger partial charge in [0.25, 0.3) is 0 Å². The lowest BCUT2D eigenvalue weighted by atomic mass is 9.64.